The molecule has 1 aromatic heterocycles. The summed E-state index contributed by atoms with van der Waals surface area (Å²) in [4.78, 5) is 23.5. The Bertz CT molecular complexity index is 1130. The Kier molecular flexibility index (Phi) is 3.68. The number of ether oxygens (including phenoxy) is 1. The van der Waals surface area contributed by atoms with Gasteiger partial charge in [-0.05, 0) is 30.0 Å². The smallest absolute Gasteiger partial charge is 0.307 e. The van der Waals surface area contributed by atoms with Crippen LogP contribution < -0.4 is 10.2 Å². The SMILES string of the molecule is CC(O)=Cc1cc2c3c(cc4cccc(=O)c4c3o1)C[C@H](CC(=O)O)O2. The minimum absolute atomic E-state index is 0.0426. The van der Waals surface area contributed by atoms with Gasteiger partial charge in [0.25, 0.3) is 0 Å². The second-order valence-electron chi connectivity index (χ2n) is 6.43. The minimum atomic E-state index is -0.940. The lowest BCUT2D eigenvalue weighted by Gasteiger charge is -2.26. The van der Waals surface area contributed by atoms with Crippen LogP contribution in [0.5, 0.6) is 5.75 Å². The number of aliphatic carboxylic acids is 1. The van der Waals surface area contributed by atoms with Crippen LogP contribution in [0.15, 0.2) is 45.3 Å². The van der Waals surface area contributed by atoms with E-state index in [2.05, 4.69) is 0 Å². The third-order valence-electron chi connectivity index (χ3n) is 4.40. The van der Waals surface area contributed by atoms with Crippen LogP contribution in [0.1, 0.15) is 24.7 Å². The summed E-state index contributed by atoms with van der Waals surface area (Å²) >= 11 is 0. The molecule has 3 aromatic rings. The number of benzene rings is 2. The van der Waals surface area contributed by atoms with Gasteiger partial charge in [0.05, 0.1) is 23.0 Å². The van der Waals surface area contributed by atoms with E-state index in [1.807, 2.05) is 12.1 Å². The van der Waals surface area contributed by atoms with Crippen LogP contribution in [-0.2, 0) is 11.2 Å². The van der Waals surface area contributed by atoms with E-state index >= 15 is 0 Å². The Labute approximate surface area is 147 Å². The van der Waals surface area contributed by atoms with Crippen molar-refractivity contribution in [2.45, 2.75) is 25.9 Å². The molecule has 0 fully saturated rings. The van der Waals surface area contributed by atoms with E-state index in [-0.39, 0.29) is 17.6 Å². The highest BCUT2D eigenvalue weighted by molar-refractivity contribution is 6.08. The molecule has 0 spiro atoms. The zero-order valence-corrected chi connectivity index (χ0v) is 14.0. The van der Waals surface area contributed by atoms with Crippen LogP contribution in [0.25, 0.3) is 27.8 Å². The summed E-state index contributed by atoms with van der Waals surface area (Å²) in [5.74, 6) is -0.119. The average molecular weight is 352 g/mol. The molecule has 1 atom stereocenters. The first kappa shape index (κ1) is 16.2. The average Bonchev–Trinajstić information content (AvgIpc) is 2.53. The van der Waals surface area contributed by atoms with E-state index in [1.165, 1.54) is 19.1 Å². The van der Waals surface area contributed by atoms with Crippen LogP contribution in [0.2, 0.25) is 0 Å². The zero-order valence-electron chi connectivity index (χ0n) is 14.0. The molecule has 0 amide bonds. The Balaban J connectivity index is 2.07. The lowest BCUT2D eigenvalue weighted by molar-refractivity contribution is -0.138. The summed E-state index contributed by atoms with van der Waals surface area (Å²) in [6.07, 6.45) is 1.20. The van der Waals surface area contributed by atoms with Gasteiger partial charge in [0.2, 0.25) is 0 Å². The van der Waals surface area contributed by atoms with E-state index in [4.69, 9.17) is 14.3 Å². The molecule has 2 heterocycles. The van der Waals surface area contributed by atoms with Gasteiger partial charge < -0.3 is 19.4 Å². The van der Waals surface area contributed by atoms with E-state index in [0.717, 1.165) is 10.9 Å². The quantitative estimate of drug-likeness (QED) is 0.552. The molecule has 6 nitrogen and oxygen atoms in total. The second-order valence-corrected chi connectivity index (χ2v) is 6.43. The highest BCUT2D eigenvalue weighted by Crippen LogP contribution is 2.40. The third kappa shape index (κ3) is 2.69. The Morgan fingerprint density at radius 2 is 2.08 bits per heavy atom. The lowest BCUT2D eigenvalue weighted by atomic mass is 9.94. The molecule has 1 aliphatic rings. The van der Waals surface area contributed by atoms with Crippen LogP contribution in [-0.4, -0.2) is 22.3 Å². The van der Waals surface area contributed by atoms with Gasteiger partial charge in [-0.25, -0.2) is 0 Å². The van der Waals surface area contributed by atoms with Crippen LogP contribution >= 0.6 is 0 Å². The third-order valence-corrected chi connectivity index (χ3v) is 4.40. The summed E-state index contributed by atoms with van der Waals surface area (Å²) < 4.78 is 11.8. The number of carboxylic acid groups (broad SMARTS) is 1. The topological polar surface area (TPSA) is 97.0 Å². The van der Waals surface area contributed by atoms with Crippen molar-refractivity contribution < 1.29 is 24.2 Å². The molecule has 132 valence electrons. The summed E-state index contributed by atoms with van der Waals surface area (Å²) in [6, 6.07) is 8.47. The number of fused-ring (bicyclic) bond motifs is 2. The van der Waals surface area contributed by atoms with Gasteiger partial charge >= 0.3 is 5.97 Å². The monoisotopic (exact) mass is 352 g/mol. The fraction of sp³-hybridized carbons (Fsp3) is 0.200. The number of carbonyl (C=O) groups is 1. The van der Waals surface area contributed by atoms with Gasteiger partial charge in [-0.2, -0.15) is 0 Å². The molecule has 0 saturated carbocycles. The Morgan fingerprint density at radius 3 is 2.81 bits per heavy atom. The zero-order chi connectivity index (χ0) is 18.4. The van der Waals surface area contributed by atoms with E-state index in [9.17, 15) is 14.7 Å². The molecule has 26 heavy (non-hydrogen) atoms. The van der Waals surface area contributed by atoms with Gasteiger partial charge in [0, 0.05) is 18.6 Å². The first-order chi connectivity index (χ1) is 12.4. The van der Waals surface area contributed by atoms with Crippen molar-refractivity contribution in [2.75, 3.05) is 0 Å². The molecule has 6 heteroatoms. The van der Waals surface area contributed by atoms with Crippen molar-refractivity contribution in [2.24, 2.45) is 0 Å². The highest BCUT2D eigenvalue weighted by Gasteiger charge is 2.27. The van der Waals surface area contributed by atoms with Crippen molar-refractivity contribution in [3.05, 3.63) is 57.6 Å². The second kappa shape index (κ2) is 5.91. The van der Waals surface area contributed by atoms with Crippen molar-refractivity contribution >= 4 is 33.8 Å². The van der Waals surface area contributed by atoms with Gasteiger partial charge in [0.15, 0.2) is 5.43 Å². The largest absolute Gasteiger partial charge is 0.512 e. The number of carboxylic acids is 1. The summed E-state index contributed by atoms with van der Waals surface area (Å²) in [5.41, 5.74) is 1.10. The minimum Gasteiger partial charge on any atom is -0.512 e. The molecule has 0 bridgehead atoms. The molecular weight excluding hydrogens is 336 g/mol. The molecular formula is C20H16O6. The maximum atomic E-state index is 12.4. The van der Waals surface area contributed by atoms with Crippen molar-refractivity contribution in [3.8, 4) is 5.75 Å². The van der Waals surface area contributed by atoms with Crippen LogP contribution in [0, 0.1) is 0 Å². The lowest BCUT2D eigenvalue weighted by Crippen LogP contribution is -2.26. The van der Waals surface area contributed by atoms with Gasteiger partial charge in [-0.15, -0.1) is 0 Å². The predicted molar refractivity (Wildman–Crippen MR) is 96.6 cm³/mol. The van der Waals surface area contributed by atoms with Crippen LogP contribution in [0.4, 0.5) is 0 Å². The molecule has 0 unspecified atom stereocenters. The van der Waals surface area contributed by atoms with Gasteiger partial charge in [0.1, 0.15) is 23.2 Å². The molecule has 0 radical (unpaired) electrons. The number of aliphatic hydroxyl groups excluding tert-OH is 1. The summed E-state index contributed by atoms with van der Waals surface area (Å²) in [5, 5.41) is 20.5. The number of aliphatic hydroxyl groups is 1. The maximum Gasteiger partial charge on any atom is 0.307 e. The molecule has 0 aliphatic carbocycles. The Morgan fingerprint density at radius 1 is 1.27 bits per heavy atom. The summed E-state index contributed by atoms with van der Waals surface area (Å²) in [6.45, 7) is 1.51. The number of hydrogen-bond acceptors (Lipinski definition) is 5. The van der Waals surface area contributed by atoms with Gasteiger partial charge in [-0.1, -0.05) is 12.1 Å². The summed E-state index contributed by atoms with van der Waals surface area (Å²) in [7, 11) is 0. The molecule has 1 aliphatic heterocycles. The first-order valence-electron chi connectivity index (χ1n) is 8.20. The first-order valence-corrected chi connectivity index (χ1v) is 8.20. The van der Waals surface area contributed by atoms with Crippen molar-refractivity contribution in [3.63, 3.8) is 0 Å². The number of hydrogen-bond donors (Lipinski definition) is 2. The fourth-order valence-electron chi connectivity index (χ4n) is 3.47. The molecule has 2 N–H and O–H groups in total. The number of allylic oxidation sites excluding steroid dienone is 1. The van der Waals surface area contributed by atoms with E-state index < -0.39 is 12.1 Å². The van der Waals surface area contributed by atoms with Crippen molar-refractivity contribution in [1.82, 2.24) is 0 Å². The predicted octanol–water partition coefficient (Wildman–Crippen LogP) is 3.64. The molecule has 4 rings (SSSR count). The molecule has 2 aromatic carbocycles. The maximum absolute atomic E-state index is 12.4. The normalized spacial score (nSPS) is 16.7. The van der Waals surface area contributed by atoms with Gasteiger partial charge in [-0.3, -0.25) is 9.59 Å². The Hall–Kier alpha value is -3.28. The van der Waals surface area contributed by atoms with E-state index in [1.54, 1.807) is 12.1 Å². The van der Waals surface area contributed by atoms with Crippen molar-refractivity contribution in [1.29, 1.82) is 0 Å². The molecule has 0 saturated heterocycles. The highest BCUT2D eigenvalue weighted by atomic mass is 16.5. The standard InChI is InChI=1S/C20H16O6/c1-10(21)5-13-8-16-19-12(7-14(25-16)9-17(23)24)6-11-3-2-4-15(22)18(11)20(19)26-13/h2-6,8,14,21H,7,9H2,1H3,(H,23,24)/t14-/m1/s1. The van der Waals surface area contributed by atoms with E-state index in [0.29, 0.717) is 34.3 Å². The number of rotatable bonds is 3. The fourth-order valence-corrected chi connectivity index (χ4v) is 3.47. The van der Waals surface area contributed by atoms with Crippen LogP contribution in [0.3, 0.4) is 0 Å².